The summed E-state index contributed by atoms with van der Waals surface area (Å²) in [4.78, 5) is 2.48. The van der Waals surface area contributed by atoms with Crippen LogP contribution in [0.2, 0.25) is 5.02 Å². The van der Waals surface area contributed by atoms with E-state index in [2.05, 4.69) is 36.2 Å². The Morgan fingerprint density at radius 3 is 2.85 bits per heavy atom. The predicted molar refractivity (Wildman–Crippen MR) is 85.6 cm³/mol. The highest BCUT2D eigenvalue weighted by Gasteiger charge is 2.30. The van der Waals surface area contributed by atoms with E-state index in [0.717, 1.165) is 37.8 Å². The van der Waals surface area contributed by atoms with E-state index in [1.165, 1.54) is 17.7 Å². The normalized spacial score (nSPS) is 17.7. The topological polar surface area (TPSA) is 24.5 Å². The molecule has 0 saturated carbocycles. The largest absolute Gasteiger partial charge is 0.383 e. The molecule has 1 aliphatic rings. The monoisotopic (exact) mass is 296 g/mol. The van der Waals surface area contributed by atoms with Crippen molar-refractivity contribution in [3.8, 4) is 0 Å². The molecule has 1 saturated heterocycles. The SMILES string of the molecule is COCCNCc1cc(Cl)ccc1N1CCC(C)(C)C1. The Balaban J connectivity index is 2.08. The zero-order valence-electron chi connectivity index (χ0n) is 12.7. The van der Waals surface area contributed by atoms with Crippen molar-refractivity contribution in [2.24, 2.45) is 5.41 Å². The third-order valence-corrected chi connectivity index (χ3v) is 4.09. The summed E-state index contributed by atoms with van der Waals surface area (Å²) >= 11 is 6.15. The summed E-state index contributed by atoms with van der Waals surface area (Å²) < 4.78 is 5.06. The van der Waals surface area contributed by atoms with Crippen molar-refractivity contribution in [1.29, 1.82) is 0 Å². The van der Waals surface area contributed by atoms with Gasteiger partial charge in [0.1, 0.15) is 0 Å². The molecular formula is C16H25ClN2O. The van der Waals surface area contributed by atoms with Crippen LogP contribution in [0.1, 0.15) is 25.8 Å². The molecule has 0 unspecified atom stereocenters. The molecule has 1 fully saturated rings. The first-order valence-corrected chi connectivity index (χ1v) is 7.63. The quantitative estimate of drug-likeness (QED) is 0.815. The Bertz CT molecular complexity index is 448. The third-order valence-electron chi connectivity index (χ3n) is 3.86. The number of nitrogens with zero attached hydrogens (tertiary/aromatic N) is 1. The zero-order valence-corrected chi connectivity index (χ0v) is 13.5. The van der Waals surface area contributed by atoms with E-state index in [9.17, 15) is 0 Å². The van der Waals surface area contributed by atoms with Crippen molar-refractivity contribution in [3.05, 3.63) is 28.8 Å². The van der Waals surface area contributed by atoms with Crippen molar-refractivity contribution in [3.63, 3.8) is 0 Å². The van der Waals surface area contributed by atoms with Crippen LogP contribution in [0, 0.1) is 5.41 Å². The molecule has 1 aliphatic heterocycles. The molecule has 0 aromatic heterocycles. The fourth-order valence-corrected chi connectivity index (χ4v) is 2.91. The van der Waals surface area contributed by atoms with Crippen LogP contribution in [0.3, 0.4) is 0 Å². The van der Waals surface area contributed by atoms with E-state index in [-0.39, 0.29) is 0 Å². The lowest BCUT2D eigenvalue weighted by atomic mass is 9.93. The number of ether oxygens (including phenoxy) is 1. The van der Waals surface area contributed by atoms with Crippen molar-refractivity contribution in [2.75, 3.05) is 38.3 Å². The van der Waals surface area contributed by atoms with Gasteiger partial charge < -0.3 is 15.0 Å². The van der Waals surface area contributed by atoms with E-state index < -0.39 is 0 Å². The first-order valence-electron chi connectivity index (χ1n) is 7.25. The number of methoxy groups -OCH3 is 1. The molecule has 0 radical (unpaired) electrons. The van der Waals surface area contributed by atoms with E-state index in [1.54, 1.807) is 7.11 Å². The summed E-state index contributed by atoms with van der Waals surface area (Å²) in [5.41, 5.74) is 2.98. The minimum atomic E-state index is 0.403. The first-order chi connectivity index (χ1) is 9.52. The molecule has 1 N–H and O–H groups in total. The molecule has 2 rings (SSSR count). The van der Waals surface area contributed by atoms with Crippen molar-refractivity contribution in [1.82, 2.24) is 5.32 Å². The summed E-state index contributed by atoms with van der Waals surface area (Å²) in [5.74, 6) is 0. The van der Waals surface area contributed by atoms with Crippen LogP contribution in [-0.4, -0.2) is 33.4 Å². The van der Waals surface area contributed by atoms with Gasteiger partial charge in [-0.1, -0.05) is 25.4 Å². The van der Waals surface area contributed by atoms with Crippen LogP contribution < -0.4 is 10.2 Å². The smallest absolute Gasteiger partial charge is 0.0587 e. The molecular weight excluding hydrogens is 272 g/mol. The van der Waals surface area contributed by atoms with E-state index in [4.69, 9.17) is 16.3 Å². The van der Waals surface area contributed by atoms with Crippen molar-refractivity contribution < 1.29 is 4.74 Å². The fourth-order valence-electron chi connectivity index (χ4n) is 2.72. The van der Waals surface area contributed by atoms with Gasteiger partial charge in [-0.3, -0.25) is 0 Å². The highest BCUT2D eigenvalue weighted by molar-refractivity contribution is 6.30. The van der Waals surface area contributed by atoms with Gasteiger partial charge in [0.2, 0.25) is 0 Å². The molecule has 0 aliphatic carbocycles. The summed E-state index contributed by atoms with van der Waals surface area (Å²) in [7, 11) is 1.72. The van der Waals surface area contributed by atoms with Gasteiger partial charge in [-0.25, -0.2) is 0 Å². The highest BCUT2D eigenvalue weighted by atomic mass is 35.5. The Hall–Kier alpha value is -0.770. The Morgan fingerprint density at radius 2 is 2.20 bits per heavy atom. The third kappa shape index (κ3) is 4.11. The first kappa shape index (κ1) is 15.6. The van der Waals surface area contributed by atoms with Gasteiger partial charge >= 0.3 is 0 Å². The summed E-state index contributed by atoms with van der Waals surface area (Å²) in [5, 5.41) is 4.21. The van der Waals surface area contributed by atoms with Crippen LogP contribution in [-0.2, 0) is 11.3 Å². The summed E-state index contributed by atoms with van der Waals surface area (Å²) in [6, 6.07) is 6.21. The second kappa shape index (κ2) is 6.79. The standard InChI is InChI=1S/C16H25ClN2O/c1-16(2)6-8-19(12-16)15-5-4-14(17)10-13(15)11-18-7-9-20-3/h4-5,10,18H,6-9,11-12H2,1-3H3. The second-order valence-corrected chi connectivity index (χ2v) is 6.71. The number of benzene rings is 1. The highest BCUT2D eigenvalue weighted by Crippen LogP contribution is 2.34. The lowest BCUT2D eigenvalue weighted by Gasteiger charge is -2.24. The molecule has 4 heteroatoms. The average molecular weight is 297 g/mol. The number of nitrogens with one attached hydrogen (secondary N) is 1. The van der Waals surface area contributed by atoms with Gasteiger partial charge in [-0.05, 0) is 35.6 Å². The van der Waals surface area contributed by atoms with Crippen LogP contribution in [0.4, 0.5) is 5.69 Å². The second-order valence-electron chi connectivity index (χ2n) is 6.28. The van der Waals surface area contributed by atoms with Gasteiger partial charge in [0, 0.05) is 44.0 Å². The fraction of sp³-hybridized carbons (Fsp3) is 0.625. The number of halogens is 1. The number of anilines is 1. The minimum Gasteiger partial charge on any atom is -0.383 e. The molecule has 20 heavy (non-hydrogen) atoms. The molecule has 3 nitrogen and oxygen atoms in total. The maximum Gasteiger partial charge on any atom is 0.0587 e. The molecule has 1 aromatic carbocycles. The number of hydrogen-bond donors (Lipinski definition) is 1. The molecule has 1 heterocycles. The Kier molecular flexibility index (Phi) is 5.30. The van der Waals surface area contributed by atoms with Gasteiger partial charge in [0.25, 0.3) is 0 Å². The zero-order chi connectivity index (χ0) is 14.6. The van der Waals surface area contributed by atoms with E-state index in [1.807, 2.05) is 6.07 Å². The van der Waals surface area contributed by atoms with Crippen LogP contribution in [0.5, 0.6) is 0 Å². The van der Waals surface area contributed by atoms with Gasteiger partial charge in [-0.2, -0.15) is 0 Å². The number of rotatable bonds is 6. The van der Waals surface area contributed by atoms with Gasteiger partial charge in [0.05, 0.1) is 6.61 Å². The minimum absolute atomic E-state index is 0.403. The summed E-state index contributed by atoms with van der Waals surface area (Å²) in [6.07, 6.45) is 1.24. The van der Waals surface area contributed by atoms with Crippen LogP contribution in [0.25, 0.3) is 0 Å². The maximum absolute atomic E-state index is 6.15. The lowest BCUT2D eigenvalue weighted by Crippen LogP contribution is -2.25. The molecule has 0 bridgehead atoms. The van der Waals surface area contributed by atoms with E-state index >= 15 is 0 Å². The number of hydrogen-bond acceptors (Lipinski definition) is 3. The Labute approximate surface area is 127 Å². The van der Waals surface area contributed by atoms with E-state index in [0.29, 0.717) is 5.41 Å². The Morgan fingerprint density at radius 1 is 1.40 bits per heavy atom. The van der Waals surface area contributed by atoms with Crippen molar-refractivity contribution in [2.45, 2.75) is 26.8 Å². The van der Waals surface area contributed by atoms with Crippen LogP contribution in [0.15, 0.2) is 18.2 Å². The summed E-state index contributed by atoms with van der Waals surface area (Å²) in [6.45, 7) is 9.31. The average Bonchev–Trinajstić information content (AvgIpc) is 2.75. The van der Waals surface area contributed by atoms with Gasteiger partial charge in [0.15, 0.2) is 0 Å². The van der Waals surface area contributed by atoms with Crippen molar-refractivity contribution >= 4 is 17.3 Å². The lowest BCUT2D eigenvalue weighted by molar-refractivity contribution is 0.199. The van der Waals surface area contributed by atoms with Crippen LogP contribution >= 0.6 is 11.6 Å². The molecule has 0 spiro atoms. The van der Waals surface area contributed by atoms with Gasteiger partial charge in [-0.15, -0.1) is 0 Å². The molecule has 0 atom stereocenters. The predicted octanol–water partition coefficient (Wildman–Crippen LogP) is 3.31. The molecule has 112 valence electrons. The molecule has 1 aromatic rings. The maximum atomic E-state index is 6.15. The molecule has 0 amide bonds.